The molecule has 1 unspecified atom stereocenters. The summed E-state index contributed by atoms with van der Waals surface area (Å²) in [5.41, 5.74) is 0.539. The Bertz CT molecular complexity index is 489. The number of benzene rings is 1. The van der Waals surface area contributed by atoms with Crippen LogP contribution in [0.3, 0.4) is 0 Å². The Morgan fingerprint density at radius 1 is 1.32 bits per heavy atom. The number of carbonyl (C=O) groups excluding carboxylic acids is 1. The number of likely N-dealkylation sites (N-methyl/N-ethyl adjacent to an activating group) is 2. The van der Waals surface area contributed by atoms with Crippen molar-refractivity contribution in [3.05, 3.63) is 35.6 Å². The van der Waals surface area contributed by atoms with E-state index < -0.39 is 0 Å². The second kappa shape index (κ2) is 8.25. The van der Waals surface area contributed by atoms with Crippen LogP contribution < -0.4 is 0 Å². The van der Waals surface area contributed by atoms with Gasteiger partial charge in [0.1, 0.15) is 5.82 Å². The molecular weight excluding hydrogens is 283 g/mol. The lowest BCUT2D eigenvalue weighted by molar-refractivity contribution is -0.131. The first-order valence-corrected chi connectivity index (χ1v) is 7.84. The van der Waals surface area contributed by atoms with E-state index in [9.17, 15) is 9.18 Å². The Morgan fingerprint density at radius 2 is 2.09 bits per heavy atom. The molecule has 0 radical (unpaired) electrons. The lowest BCUT2D eigenvalue weighted by Gasteiger charge is -2.28. The van der Waals surface area contributed by atoms with Crippen LogP contribution in [0, 0.1) is 5.82 Å². The van der Waals surface area contributed by atoms with Gasteiger partial charge in [-0.1, -0.05) is 18.2 Å². The van der Waals surface area contributed by atoms with Gasteiger partial charge in [0.15, 0.2) is 0 Å². The first kappa shape index (κ1) is 16.9. The van der Waals surface area contributed by atoms with Gasteiger partial charge in [0, 0.05) is 32.3 Å². The number of halogens is 1. The zero-order chi connectivity index (χ0) is 15.9. The van der Waals surface area contributed by atoms with E-state index in [0.29, 0.717) is 18.7 Å². The average Bonchev–Trinajstić information content (AvgIpc) is 2.50. The van der Waals surface area contributed by atoms with E-state index in [1.54, 1.807) is 30.1 Å². The van der Waals surface area contributed by atoms with Crippen LogP contribution in [0.1, 0.15) is 24.8 Å². The Kier molecular flexibility index (Phi) is 6.34. The Balaban J connectivity index is 1.79. The van der Waals surface area contributed by atoms with Gasteiger partial charge in [0.25, 0.3) is 0 Å². The Hall–Kier alpha value is -1.46. The van der Waals surface area contributed by atoms with Crippen molar-refractivity contribution in [3.8, 4) is 0 Å². The SMILES string of the molecule is CN(CC(=O)N(C)Cc1ccccc1F)CC1CCCCO1. The molecule has 5 heteroatoms. The maximum Gasteiger partial charge on any atom is 0.236 e. The Morgan fingerprint density at radius 3 is 2.77 bits per heavy atom. The molecule has 1 aliphatic heterocycles. The van der Waals surface area contributed by atoms with Crippen molar-refractivity contribution in [1.82, 2.24) is 9.80 Å². The molecule has 1 aliphatic rings. The number of amides is 1. The third-order valence-electron chi connectivity index (χ3n) is 3.99. The van der Waals surface area contributed by atoms with Crippen LogP contribution in [0.15, 0.2) is 24.3 Å². The normalized spacial score (nSPS) is 18.5. The van der Waals surface area contributed by atoms with Crippen LogP contribution in [-0.4, -0.2) is 55.6 Å². The standard InChI is InChI=1S/C17H25FN2O2/c1-19(12-15-8-5-6-10-22-15)13-17(21)20(2)11-14-7-3-4-9-16(14)18/h3-4,7,9,15H,5-6,8,10-13H2,1-2H3. The minimum absolute atomic E-state index is 0.0124. The molecule has 122 valence electrons. The topological polar surface area (TPSA) is 32.8 Å². The molecule has 1 aromatic rings. The van der Waals surface area contributed by atoms with E-state index in [-0.39, 0.29) is 17.8 Å². The third-order valence-corrected chi connectivity index (χ3v) is 3.99. The zero-order valence-corrected chi connectivity index (χ0v) is 13.4. The lowest BCUT2D eigenvalue weighted by Crippen LogP contribution is -2.40. The maximum atomic E-state index is 13.6. The molecule has 1 aromatic carbocycles. The number of rotatable bonds is 6. The lowest BCUT2D eigenvalue weighted by atomic mass is 10.1. The fourth-order valence-electron chi connectivity index (χ4n) is 2.69. The summed E-state index contributed by atoms with van der Waals surface area (Å²) in [6.45, 7) is 2.20. The molecule has 0 spiro atoms. The van der Waals surface area contributed by atoms with E-state index in [1.807, 2.05) is 11.9 Å². The van der Waals surface area contributed by atoms with Gasteiger partial charge in [-0.05, 0) is 32.4 Å². The first-order chi connectivity index (χ1) is 10.6. The quantitative estimate of drug-likeness (QED) is 0.808. The number of hydrogen-bond acceptors (Lipinski definition) is 3. The second-order valence-corrected chi connectivity index (χ2v) is 6.03. The van der Waals surface area contributed by atoms with Crippen molar-refractivity contribution >= 4 is 5.91 Å². The van der Waals surface area contributed by atoms with E-state index in [1.165, 1.54) is 12.5 Å². The van der Waals surface area contributed by atoms with Crippen molar-refractivity contribution in [1.29, 1.82) is 0 Å². The first-order valence-electron chi connectivity index (χ1n) is 7.84. The molecule has 1 fully saturated rings. The van der Waals surface area contributed by atoms with Crippen molar-refractivity contribution in [2.75, 3.05) is 33.8 Å². The van der Waals surface area contributed by atoms with E-state index in [4.69, 9.17) is 4.74 Å². The number of ether oxygens (including phenoxy) is 1. The molecular formula is C17H25FN2O2. The van der Waals surface area contributed by atoms with Gasteiger partial charge < -0.3 is 9.64 Å². The summed E-state index contributed by atoms with van der Waals surface area (Å²) in [4.78, 5) is 15.8. The zero-order valence-electron chi connectivity index (χ0n) is 13.4. The molecule has 0 aliphatic carbocycles. The minimum atomic E-state index is -0.272. The molecule has 0 aromatic heterocycles. The van der Waals surface area contributed by atoms with E-state index >= 15 is 0 Å². The van der Waals surface area contributed by atoms with Gasteiger partial charge in [0.2, 0.25) is 5.91 Å². The molecule has 1 amide bonds. The number of carbonyl (C=O) groups is 1. The van der Waals surface area contributed by atoms with Gasteiger partial charge >= 0.3 is 0 Å². The van der Waals surface area contributed by atoms with E-state index in [0.717, 1.165) is 26.0 Å². The summed E-state index contributed by atoms with van der Waals surface area (Å²) < 4.78 is 19.3. The van der Waals surface area contributed by atoms with Crippen LogP contribution in [0.5, 0.6) is 0 Å². The summed E-state index contributed by atoms with van der Waals surface area (Å²) in [7, 11) is 3.63. The third kappa shape index (κ3) is 5.07. The van der Waals surface area contributed by atoms with Gasteiger partial charge in [-0.25, -0.2) is 4.39 Å². The Labute approximate surface area is 131 Å². The summed E-state index contributed by atoms with van der Waals surface area (Å²) in [5.74, 6) is -0.285. The molecule has 1 atom stereocenters. The highest BCUT2D eigenvalue weighted by molar-refractivity contribution is 5.77. The van der Waals surface area contributed by atoms with Gasteiger partial charge in [-0.3, -0.25) is 9.69 Å². The molecule has 2 rings (SSSR count). The predicted octanol–water partition coefficient (Wildman–Crippen LogP) is 2.28. The van der Waals surface area contributed by atoms with Crippen LogP contribution >= 0.6 is 0 Å². The van der Waals surface area contributed by atoms with Gasteiger partial charge in [-0.2, -0.15) is 0 Å². The van der Waals surface area contributed by atoms with Crippen LogP contribution in [0.2, 0.25) is 0 Å². The highest BCUT2D eigenvalue weighted by atomic mass is 19.1. The van der Waals surface area contributed by atoms with Crippen molar-refractivity contribution < 1.29 is 13.9 Å². The highest BCUT2D eigenvalue weighted by Gasteiger charge is 2.19. The highest BCUT2D eigenvalue weighted by Crippen LogP contribution is 2.13. The molecule has 1 heterocycles. The van der Waals surface area contributed by atoms with Crippen molar-refractivity contribution in [2.45, 2.75) is 31.9 Å². The largest absolute Gasteiger partial charge is 0.377 e. The molecule has 0 bridgehead atoms. The van der Waals surface area contributed by atoms with Crippen LogP contribution in [0.25, 0.3) is 0 Å². The van der Waals surface area contributed by atoms with Crippen LogP contribution in [0.4, 0.5) is 4.39 Å². The fourth-order valence-corrected chi connectivity index (χ4v) is 2.69. The second-order valence-electron chi connectivity index (χ2n) is 6.03. The molecule has 4 nitrogen and oxygen atoms in total. The summed E-state index contributed by atoms with van der Waals surface area (Å²) in [6, 6.07) is 6.56. The fraction of sp³-hybridized carbons (Fsp3) is 0.588. The molecule has 22 heavy (non-hydrogen) atoms. The monoisotopic (exact) mass is 308 g/mol. The predicted molar refractivity (Wildman–Crippen MR) is 84.0 cm³/mol. The maximum absolute atomic E-state index is 13.6. The van der Waals surface area contributed by atoms with Gasteiger partial charge in [0.05, 0.1) is 12.6 Å². The van der Waals surface area contributed by atoms with Crippen LogP contribution in [-0.2, 0) is 16.1 Å². The minimum Gasteiger partial charge on any atom is -0.377 e. The molecule has 1 saturated heterocycles. The number of hydrogen-bond donors (Lipinski definition) is 0. The summed E-state index contributed by atoms with van der Waals surface area (Å²) in [5, 5.41) is 0. The van der Waals surface area contributed by atoms with Crippen molar-refractivity contribution in [2.24, 2.45) is 0 Å². The van der Waals surface area contributed by atoms with Crippen molar-refractivity contribution in [3.63, 3.8) is 0 Å². The summed E-state index contributed by atoms with van der Waals surface area (Å²) >= 11 is 0. The number of nitrogens with zero attached hydrogens (tertiary/aromatic N) is 2. The molecule has 0 N–H and O–H groups in total. The van der Waals surface area contributed by atoms with Gasteiger partial charge in [-0.15, -0.1) is 0 Å². The average molecular weight is 308 g/mol. The van der Waals surface area contributed by atoms with E-state index in [2.05, 4.69) is 0 Å². The summed E-state index contributed by atoms with van der Waals surface area (Å²) in [6.07, 6.45) is 3.61. The smallest absolute Gasteiger partial charge is 0.236 e. The molecule has 0 saturated carbocycles.